The highest BCUT2D eigenvalue weighted by Gasteiger charge is 2.07. The Balaban J connectivity index is 2.36. The summed E-state index contributed by atoms with van der Waals surface area (Å²) in [5.74, 6) is 0.871. The summed E-state index contributed by atoms with van der Waals surface area (Å²) in [5, 5.41) is 0. The Kier molecular flexibility index (Phi) is 4.17. The van der Waals surface area contributed by atoms with Crippen molar-refractivity contribution in [3.63, 3.8) is 0 Å². The van der Waals surface area contributed by atoms with E-state index in [4.69, 9.17) is 10.5 Å². The van der Waals surface area contributed by atoms with Crippen LogP contribution in [0.3, 0.4) is 0 Å². The van der Waals surface area contributed by atoms with Gasteiger partial charge in [0.25, 0.3) is 0 Å². The zero-order valence-corrected chi connectivity index (χ0v) is 11.7. The summed E-state index contributed by atoms with van der Waals surface area (Å²) in [6.45, 7) is 6.61. The quantitative estimate of drug-likeness (QED) is 0.911. The molecule has 2 N–H and O–H groups in total. The van der Waals surface area contributed by atoms with Crippen molar-refractivity contribution in [2.24, 2.45) is 5.73 Å². The molecule has 1 aromatic heterocycles. The van der Waals surface area contributed by atoms with Gasteiger partial charge in [0.15, 0.2) is 0 Å². The number of nitrogens with zero attached hydrogens (tertiary/aromatic N) is 1. The van der Waals surface area contributed by atoms with E-state index in [1.54, 1.807) is 0 Å². The normalized spacial score (nSPS) is 12.2. The van der Waals surface area contributed by atoms with Crippen LogP contribution in [0, 0.1) is 6.92 Å². The van der Waals surface area contributed by atoms with Crippen molar-refractivity contribution in [2.45, 2.75) is 26.8 Å². The molecular weight excluding hydrogens is 236 g/mol. The molecular formula is C16H20N2O. The van der Waals surface area contributed by atoms with Gasteiger partial charge >= 0.3 is 0 Å². The Morgan fingerprint density at radius 1 is 1.26 bits per heavy atom. The molecule has 0 amide bonds. The number of rotatable bonds is 4. The molecule has 0 fully saturated rings. The summed E-state index contributed by atoms with van der Waals surface area (Å²) < 4.78 is 5.51. The van der Waals surface area contributed by atoms with Crippen LogP contribution in [0.1, 0.15) is 31.1 Å². The second kappa shape index (κ2) is 5.85. The van der Waals surface area contributed by atoms with Crippen molar-refractivity contribution in [3.8, 4) is 17.0 Å². The Morgan fingerprint density at radius 2 is 2.05 bits per heavy atom. The Hall–Kier alpha value is -1.87. The Morgan fingerprint density at radius 3 is 2.68 bits per heavy atom. The maximum absolute atomic E-state index is 5.91. The summed E-state index contributed by atoms with van der Waals surface area (Å²) in [6.07, 6.45) is 0. The fraction of sp³-hybridized carbons (Fsp3) is 0.312. The van der Waals surface area contributed by atoms with E-state index in [1.165, 1.54) is 0 Å². The molecule has 19 heavy (non-hydrogen) atoms. The third-order valence-electron chi connectivity index (χ3n) is 3.06. The van der Waals surface area contributed by atoms with Crippen LogP contribution in [0.4, 0.5) is 0 Å². The van der Waals surface area contributed by atoms with Gasteiger partial charge < -0.3 is 10.5 Å². The maximum Gasteiger partial charge on any atom is 0.119 e. The van der Waals surface area contributed by atoms with E-state index in [1.807, 2.05) is 51.1 Å². The molecule has 0 saturated heterocycles. The van der Waals surface area contributed by atoms with Gasteiger partial charge in [0.2, 0.25) is 0 Å². The minimum Gasteiger partial charge on any atom is -0.494 e. The maximum atomic E-state index is 5.91. The standard InChI is InChI=1S/C16H20N2O/c1-4-19-14-7-5-6-13(10-14)16-9-8-15(11(2)17)12(3)18-16/h5-11H,4,17H2,1-3H3. The Bertz CT molecular complexity index is 564. The van der Waals surface area contributed by atoms with Crippen molar-refractivity contribution >= 4 is 0 Å². The summed E-state index contributed by atoms with van der Waals surface area (Å²) in [7, 11) is 0. The van der Waals surface area contributed by atoms with Gasteiger partial charge in [-0.2, -0.15) is 0 Å². The Labute approximate surface area is 114 Å². The highest BCUT2D eigenvalue weighted by Crippen LogP contribution is 2.24. The third-order valence-corrected chi connectivity index (χ3v) is 3.06. The molecule has 1 atom stereocenters. The molecule has 100 valence electrons. The van der Waals surface area contributed by atoms with Crippen LogP contribution >= 0.6 is 0 Å². The van der Waals surface area contributed by atoms with E-state index in [0.29, 0.717) is 6.61 Å². The van der Waals surface area contributed by atoms with Crippen LogP contribution in [0.25, 0.3) is 11.3 Å². The molecule has 2 rings (SSSR count). The van der Waals surface area contributed by atoms with E-state index >= 15 is 0 Å². The fourth-order valence-corrected chi connectivity index (χ4v) is 2.13. The van der Waals surface area contributed by atoms with E-state index in [9.17, 15) is 0 Å². The summed E-state index contributed by atoms with van der Waals surface area (Å²) >= 11 is 0. The van der Waals surface area contributed by atoms with E-state index < -0.39 is 0 Å². The molecule has 1 heterocycles. The predicted octanol–water partition coefficient (Wildman–Crippen LogP) is 3.48. The highest BCUT2D eigenvalue weighted by atomic mass is 16.5. The summed E-state index contributed by atoms with van der Waals surface area (Å²) in [6, 6.07) is 12.1. The lowest BCUT2D eigenvalue weighted by atomic mass is 10.0. The molecule has 0 radical (unpaired) electrons. The van der Waals surface area contributed by atoms with E-state index in [2.05, 4.69) is 11.1 Å². The van der Waals surface area contributed by atoms with Crippen LogP contribution in [-0.2, 0) is 0 Å². The lowest BCUT2D eigenvalue weighted by Crippen LogP contribution is -2.08. The van der Waals surface area contributed by atoms with Crippen molar-refractivity contribution in [2.75, 3.05) is 6.61 Å². The first-order chi connectivity index (χ1) is 9.11. The second-order valence-electron chi connectivity index (χ2n) is 4.62. The van der Waals surface area contributed by atoms with Gasteiger partial charge in [-0.25, -0.2) is 0 Å². The lowest BCUT2D eigenvalue weighted by Gasteiger charge is -2.11. The number of aromatic nitrogens is 1. The van der Waals surface area contributed by atoms with Crippen LogP contribution in [0.5, 0.6) is 5.75 Å². The topological polar surface area (TPSA) is 48.1 Å². The van der Waals surface area contributed by atoms with Crippen LogP contribution in [0.2, 0.25) is 0 Å². The zero-order valence-electron chi connectivity index (χ0n) is 11.7. The number of pyridine rings is 1. The molecule has 1 aromatic carbocycles. The van der Waals surface area contributed by atoms with Crippen molar-refractivity contribution < 1.29 is 4.74 Å². The van der Waals surface area contributed by atoms with Gasteiger partial charge in [0, 0.05) is 17.3 Å². The molecule has 1 unspecified atom stereocenters. The summed E-state index contributed by atoms with van der Waals surface area (Å²) in [5.41, 5.74) is 9.98. The second-order valence-corrected chi connectivity index (χ2v) is 4.62. The molecule has 0 saturated carbocycles. The van der Waals surface area contributed by atoms with Gasteiger partial charge in [-0.05, 0) is 44.5 Å². The minimum absolute atomic E-state index is 0.0105. The highest BCUT2D eigenvalue weighted by molar-refractivity contribution is 5.61. The monoisotopic (exact) mass is 256 g/mol. The average Bonchev–Trinajstić information content (AvgIpc) is 2.39. The largest absolute Gasteiger partial charge is 0.494 e. The van der Waals surface area contributed by atoms with E-state index in [-0.39, 0.29) is 6.04 Å². The number of hydrogen-bond donors (Lipinski definition) is 1. The van der Waals surface area contributed by atoms with Crippen molar-refractivity contribution in [3.05, 3.63) is 47.7 Å². The predicted molar refractivity (Wildman–Crippen MR) is 78.2 cm³/mol. The van der Waals surface area contributed by atoms with Crippen LogP contribution in [-0.4, -0.2) is 11.6 Å². The summed E-state index contributed by atoms with van der Waals surface area (Å²) in [4.78, 5) is 4.63. The number of nitrogens with two attached hydrogens (primary N) is 1. The number of ether oxygens (including phenoxy) is 1. The first-order valence-corrected chi connectivity index (χ1v) is 6.58. The van der Waals surface area contributed by atoms with Gasteiger partial charge in [-0.3, -0.25) is 4.98 Å². The lowest BCUT2D eigenvalue weighted by molar-refractivity contribution is 0.340. The fourth-order valence-electron chi connectivity index (χ4n) is 2.13. The molecule has 3 heteroatoms. The molecule has 0 aliphatic carbocycles. The first-order valence-electron chi connectivity index (χ1n) is 6.58. The van der Waals surface area contributed by atoms with Gasteiger partial charge in [-0.1, -0.05) is 18.2 Å². The first kappa shape index (κ1) is 13.6. The average molecular weight is 256 g/mol. The SMILES string of the molecule is CCOc1cccc(-c2ccc(C(C)N)c(C)n2)c1. The third kappa shape index (κ3) is 3.12. The molecule has 2 aromatic rings. The number of benzene rings is 1. The van der Waals surface area contributed by atoms with Crippen molar-refractivity contribution in [1.82, 2.24) is 4.98 Å². The molecule has 0 spiro atoms. The van der Waals surface area contributed by atoms with Crippen LogP contribution in [0.15, 0.2) is 36.4 Å². The number of aryl methyl sites for hydroxylation is 1. The molecule has 0 aliphatic rings. The van der Waals surface area contributed by atoms with Gasteiger partial charge in [-0.15, -0.1) is 0 Å². The van der Waals surface area contributed by atoms with E-state index in [0.717, 1.165) is 28.3 Å². The zero-order chi connectivity index (χ0) is 13.8. The molecule has 0 aliphatic heterocycles. The van der Waals surface area contributed by atoms with Gasteiger partial charge in [0.05, 0.1) is 12.3 Å². The van der Waals surface area contributed by atoms with Crippen molar-refractivity contribution in [1.29, 1.82) is 0 Å². The van der Waals surface area contributed by atoms with Crippen LogP contribution < -0.4 is 10.5 Å². The molecule has 3 nitrogen and oxygen atoms in total. The van der Waals surface area contributed by atoms with Gasteiger partial charge in [0.1, 0.15) is 5.75 Å². The molecule has 0 bridgehead atoms. The smallest absolute Gasteiger partial charge is 0.119 e. The minimum atomic E-state index is 0.0105. The number of hydrogen-bond acceptors (Lipinski definition) is 3.